The van der Waals surface area contributed by atoms with Gasteiger partial charge in [-0.25, -0.2) is 4.99 Å². The summed E-state index contributed by atoms with van der Waals surface area (Å²) in [6, 6.07) is 15.4. The fraction of sp³-hybridized carbons (Fsp3) is 0.348. The molecule has 144 valence electrons. The molecule has 0 bridgehead atoms. The largest absolute Gasteiger partial charge is 0.333 e. The van der Waals surface area contributed by atoms with Gasteiger partial charge >= 0.3 is 0 Å². The van der Waals surface area contributed by atoms with Gasteiger partial charge in [-0.3, -0.25) is 9.59 Å². The molecule has 2 aromatic carbocycles. The van der Waals surface area contributed by atoms with Crippen LogP contribution in [-0.4, -0.2) is 41.6 Å². The molecule has 28 heavy (non-hydrogen) atoms. The number of amides is 2. The summed E-state index contributed by atoms with van der Waals surface area (Å²) in [5.74, 6) is -0.0433. The third-order valence-corrected chi connectivity index (χ3v) is 5.81. The Morgan fingerprint density at radius 1 is 1.00 bits per heavy atom. The number of piperidine rings is 1. The number of hydrogen-bond donors (Lipinski definition) is 0. The molecule has 5 heteroatoms. The number of hydrogen-bond acceptors (Lipinski definition) is 3. The molecule has 2 aromatic rings. The number of aliphatic imine (C=N–C) groups is 1. The predicted octanol–water partition coefficient (Wildman–Crippen LogP) is 4.19. The SMILES string of the molecule is CC1CCCC(C)N1C(=O)c1ccc(N=C2C(=O)N(C)c3ccccc32)cc1. The highest BCUT2D eigenvalue weighted by Gasteiger charge is 2.31. The molecule has 1 fully saturated rings. The minimum absolute atomic E-state index is 0.0703. The molecule has 0 radical (unpaired) electrons. The number of likely N-dealkylation sites (tertiary alicyclic amines) is 1. The van der Waals surface area contributed by atoms with Crippen molar-refractivity contribution >= 4 is 28.9 Å². The summed E-state index contributed by atoms with van der Waals surface area (Å²) < 4.78 is 0. The maximum Gasteiger partial charge on any atom is 0.277 e. The van der Waals surface area contributed by atoms with E-state index in [1.165, 1.54) is 6.42 Å². The number of carbonyl (C=O) groups excluding carboxylic acids is 2. The summed E-state index contributed by atoms with van der Waals surface area (Å²) in [4.78, 5) is 33.7. The van der Waals surface area contributed by atoms with Crippen LogP contribution in [0.15, 0.2) is 53.5 Å². The number of likely N-dealkylation sites (N-methyl/N-ethyl adjacent to an activating group) is 1. The molecule has 2 unspecified atom stereocenters. The van der Waals surface area contributed by atoms with Gasteiger partial charge in [0.05, 0.1) is 11.4 Å². The standard InChI is InChI=1S/C23H25N3O2/c1-15-7-6-8-16(2)26(15)22(27)17-11-13-18(14-12-17)24-21-19-9-4-5-10-20(19)25(3)23(21)28/h4-5,9-16H,6-8H2,1-3H3. The number of rotatable bonds is 2. The lowest BCUT2D eigenvalue weighted by molar-refractivity contribution is -0.111. The smallest absolute Gasteiger partial charge is 0.277 e. The van der Waals surface area contributed by atoms with Gasteiger partial charge in [0.15, 0.2) is 0 Å². The van der Waals surface area contributed by atoms with E-state index >= 15 is 0 Å². The second kappa shape index (κ2) is 7.23. The fourth-order valence-corrected chi connectivity index (χ4v) is 4.24. The van der Waals surface area contributed by atoms with Crippen molar-refractivity contribution in [3.05, 3.63) is 59.7 Å². The first-order valence-electron chi connectivity index (χ1n) is 9.86. The van der Waals surface area contributed by atoms with Gasteiger partial charge in [0, 0.05) is 30.3 Å². The van der Waals surface area contributed by atoms with E-state index in [1.807, 2.05) is 53.4 Å². The zero-order valence-corrected chi connectivity index (χ0v) is 16.6. The number of nitrogens with zero attached hydrogens (tertiary/aromatic N) is 3. The molecule has 2 aliphatic rings. The van der Waals surface area contributed by atoms with Crippen molar-refractivity contribution in [2.45, 2.75) is 45.2 Å². The first-order chi connectivity index (χ1) is 13.5. The van der Waals surface area contributed by atoms with E-state index in [1.54, 1.807) is 11.9 Å². The van der Waals surface area contributed by atoms with Crippen molar-refractivity contribution in [1.82, 2.24) is 4.90 Å². The molecule has 0 aliphatic carbocycles. The van der Waals surface area contributed by atoms with E-state index in [2.05, 4.69) is 18.8 Å². The van der Waals surface area contributed by atoms with Crippen molar-refractivity contribution in [3.63, 3.8) is 0 Å². The van der Waals surface area contributed by atoms with Crippen LogP contribution >= 0.6 is 0 Å². The van der Waals surface area contributed by atoms with E-state index < -0.39 is 0 Å². The lowest BCUT2D eigenvalue weighted by Crippen LogP contribution is -2.47. The summed E-state index contributed by atoms with van der Waals surface area (Å²) >= 11 is 0. The average Bonchev–Trinajstić information content (AvgIpc) is 2.93. The third-order valence-electron chi connectivity index (χ3n) is 5.81. The van der Waals surface area contributed by atoms with E-state index in [-0.39, 0.29) is 23.9 Å². The summed E-state index contributed by atoms with van der Waals surface area (Å²) in [5.41, 5.74) is 3.48. The molecule has 2 amide bonds. The first kappa shape index (κ1) is 18.4. The molecule has 5 nitrogen and oxygen atoms in total. The second-order valence-corrected chi connectivity index (χ2v) is 7.73. The van der Waals surface area contributed by atoms with Crippen molar-refractivity contribution in [3.8, 4) is 0 Å². The highest BCUT2D eigenvalue weighted by molar-refractivity contribution is 6.54. The maximum absolute atomic E-state index is 13.0. The van der Waals surface area contributed by atoms with E-state index in [0.717, 1.165) is 24.1 Å². The Morgan fingerprint density at radius 2 is 1.64 bits per heavy atom. The summed E-state index contributed by atoms with van der Waals surface area (Å²) in [5, 5.41) is 0. The van der Waals surface area contributed by atoms with Gasteiger partial charge in [-0.15, -0.1) is 0 Å². The molecular weight excluding hydrogens is 350 g/mol. The minimum Gasteiger partial charge on any atom is -0.333 e. The Balaban J connectivity index is 1.60. The second-order valence-electron chi connectivity index (χ2n) is 7.73. The first-order valence-corrected chi connectivity index (χ1v) is 9.86. The van der Waals surface area contributed by atoms with E-state index in [9.17, 15) is 9.59 Å². The van der Waals surface area contributed by atoms with Crippen LogP contribution in [0.3, 0.4) is 0 Å². The number of fused-ring (bicyclic) bond motifs is 1. The molecule has 0 spiro atoms. The van der Waals surface area contributed by atoms with Crippen LogP contribution in [0, 0.1) is 0 Å². The number of benzene rings is 2. The lowest BCUT2D eigenvalue weighted by atomic mass is 9.96. The van der Waals surface area contributed by atoms with Crippen LogP contribution in [-0.2, 0) is 4.79 Å². The van der Waals surface area contributed by atoms with Crippen LogP contribution in [0.25, 0.3) is 0 Å². The molecule has 0 N–H and O–H groups in total. The molecule has 1 saturated heterocycles. The fourth-order valence-electron chi connectivity index (χ4n) is 4.24. The van der Waals surface area contributed by atoms with Crippen LogP contribution in [0.1, 0.15) is 49.0 Å². The Labute approximate surface area is 165 Å². The van der Waals surface area contributed by atoms with Crippen molar-refractivity contribution in [2.24, 2.45) is 4.99 Å². The van der Waals surface area contributed by atoms with Gasteiger partial charge in [-0.2, -0.15) is 0 Å². The molecule has 0 aromatic heterocycles. The highest BCUT2D eigenvalue weighted by Crippen LogP contribution is 2.30. The number of anilines is 1. The van der Waals surface area contributed by atoms with Gasteiger partial charge in [0.1, 0.15) is 5.71 Å². The Hall–Kier alpha value is -2.95. The summed E-state index contributed by atoms with van der Waals surface area (Å²) in [7, 11) is 1.76. The topological polar surface area (TPSA) is 53.0 Å². The van der Waals surface area contributed by atoms with Crippen LogP contribution in [0.4, 0.5) is 11.4 Å². The minimum atomic E-state index is -0.114. The molecule has 2 heterocycles. The highest BCUT2D eigenvalue weighted by atomic mass is 16.2. The van der Waals surface area contributed by atoms with Gasteiger partial charge in [0.2, 0.25) is 0 Å². The molecule has 4 rings (SSSR count). The predicted molar refractivity (Wildman–Crippen MR) is 111 cm³/mol. The van der Waals surface area contributed by atoms with Gasteiger partial charge in [-0.05, 0) is 63.4 Å². The monoisotopic (exact) mass is 375 g/mol. The van der Waals surface area contributed by atoms with Gasteiger partial charge < -0.3 is 9.80 Å². The van der Waals surface area contributed by atoms with Crippen molar-refractivity contribution < 1.29 is 9.59 Å². The van der Waals surface area contributed by atoms with Crippen LogP contribution < -0.4 is 4.90 Å². The third kappa shape index (κ3) is 3.11. The molecule has 2 aliphatic heterocycles. The van der Waals surface area contributed by atoms with Crippen LogP contribution in [0.2, 0.25) is 0 Å². The lowest BCUT2D eigenvalue weighted by Gasteiger charge is -2.39. The maximum atomic E-state index is 13.0. The molecular formula is C23H25N3O2. The zero-order valence-electron chi connectivity index (χ0n) is 16.6. The zero-order chi connectivity index (χ0) is 19.8. The molecule has 2 atom stereocenters. The Kier molecular flexibility index (Phi) is 4.75. The van der Waals surface area contributed by atoms with Gasteiger partial charge in [-0.1, -0.05) is 18.2 Å². The summed E-state index contributed by atoms with van der Waals surface area (Å²) in [6.45, 7) is 4.24. The van der Waals surface area contributed by atoms with Crippen molar-refractivity contribution in [1.29, 1.82) is 0 Å². The Bertz CT molecular complexity index is 939. The van der Waals surface area contributed by atoms with E-state index in [0.29, 0.717) is 17.0 Å². The number of carbonyl (C=O) groups is 2. The molecule has 0 saturated carbocycles. The average molecular weight is 375 g/mol. The summed E-state index contributed by atoms with van der Waals surface area (Å²) in [6.07, 6.45) is 3.28. The van der Waals surface area contributed by atoms with E-state index in [4.69, 9.17) is 0 Å². The quantitative estimate of drug-likeness (QED) is 0.790. The van der Waals surface area contributed by atoms with Crippen LogP contribution in [0.5, 0.6) is 0 Å². The number of para-hydroxylation sites is 1. The Morgan fingerprint density at radius 3 is 2.32 bits per heavy atom. The van der Waals surface area contributed by atoms with Gasteiger partial charge in [0.25, 0.3) is 11.8 Å². The van der Waals surface area contributed by atoms with Crippen molar-refractivity contribution in [2.75, 3.05) is 11.9 Å². The normalized spacial score (nSPS) is 23.2.